The molecule has 0 aliphatic heterocycles. The highest BCUT2D eigenvalue weighted by Gasteiger charge is 2.23. The smallest absolute Gasteiger partial charge is 0.185 e. The van der Waals surface area contributed by atoms with Gasteiger partial charge >= 0.3 is 0 Å². The van der Waals surface area contributed by atoms with Crippen LogP contribution in [0.25, 0.3) is 0 Å². The Hall–Kier alpha value is -1.76. The molecule has 0 heterocycles. The molecular formula is C13H24N4O3. The lowest BCUT2D eigenvalue weighted by Crippen LogP contribution is -2.36. The second kappa shape index (κ2) is 11.1. The molecular weight excluding hydrogens is 260 g/mol. The first-order chi connectivity index (χ1) is 9.52. The number of hydrogen-bond acceptors (Lipinski definition) is 5. The zero-order chi connectivity index (χ0) is 15.4. The molecule has 7 nitrogen and oxygen atoms in total. The average Bonchev–Trinajstić information content (AvgIpc) is 2.42. The molecule has 6 N–H and O–H groups in total. The van der Waals surface area contributed by atoms with Crippen LogP contribution in [0.2, 0.25) is 0 Å². The molecule has 2 atom stereocenters. The zero-order valence-corrected chi connectivity index (χ0v) is 11.7. The second-order valence-corrected chi connectivity index (χ2v) is 4.65. The number of aldehydes is 2. The molecule has 0 aromatic carbocycles. The Morgan fingerprint density at radius 1 is 1.10 bits per heavy atom. The molecule has 0 saturated heterocycles. The summed E-state index contributed by atoms with van der Waals surface area (Å²) in [6.45, 7) is 0.411. The summed E-state index contributed by atoms with van der Waals surface area (Å²) < 4.78 is 0. The first-order valence-electron chi connectivity index (χ1n) is 6.76. The maximum atomic E-state index is 12.0. The Morgan fingerprint density at radius 2 is 1.80 bits per heavy atom. The lowest BCUT2D eigenvalue weighted by Gasteiger charge is -2.14. The normalized spacial score (nSPS) is 13.2. The molecule has 0 saturated carbocycles. The molecule has 0 aliphatic carbocycles. The van der Waals surface area contributed by atoms with Gasteiger partial charge in [-0.25, -0.2) is 0 Å². The van der Waals surface area contributed by atoms with E-state index in [1.807, 2.05) is 0 Å². The number of ketones is 1. The van der Waals surface area contributed by atoms with E-state index < -0.39 is 12.0 Å². The van der Waals surface area contributed by atoms with Crippen LogP contribution in [-0.4, -0.2) is 36.9 Å². The largest absolute Gasteiger partial charge is 0.370 e. The van der Waals surface area contributed by atoms with Gasteiger partial charge in [0.25, 0.3) is 0 Å². The SMILES string of the molecule is NC(N)=NCCCC(N)C(=O)C(C=O)CCCCC=O. The van der Waals surface area contributed by atoms with Crippen molar-refractivity contribution in [2.75, 3.05) is 6.54 Å². The van der Waals surface area contributed by atoms with Crippen molar-refractivity contribution in [1.29, 1.82) is 0 Å². The Balaban J connectivity index is 4.06. The zero-order valence-electron chi connectivity index (χ0n) is 11.7. The summed E-state index contributed by atoms with van der Waals surface area (Å²) in [7, 11) is 0. The third kappa shape index (κ3) is 8.36. The molecule has 0 aliphatic rings. The van der Waals surface area contributed by atoms with E-state index in [2.05, 4.69) is 4.99 Å². The van der Waals surface area contributed by atoms with Gasteiger partial charge < -0.3 is 26.8 Å². The van der Waals surface area contributed by atoms with Gasteiger partial charge in [0, 0.05) is 13.0 Å². The Kier molecular flexibility index (Phi) is 10.1. The standard InChI is InChI=1S/C13H24N4O3/c14-11(6-4-7-17-13(15)16)12(20)10(9-19)5-2-1-3-8-18/h8-11H,1-7,14H2,(H4,15,16,17). The monoisotopic (exact) mass is 284 g/mol. The van der Waals surface area contributed by atoms with E-state index in [4.69, 9.17) is 17.2 Å². The van der Waals surface area contributed by atoms with Crippen LogP contribution in [0.4, 0.5) is 0 Å². The third-order valence-electron chi connectivity index (χ3n) is 2.95. The van der Waals surface area contributed by atoms with Gasteiger partial charge in [0.2, 0.25) is 0 Å². The molecule has 0 aromatic rings. The number of Topliss-reactive ketones (excluding diaryl/α,β-unsaturated/α-hetero) is 1. The number of rotatable bonds is 12. The van der Waals surface area contributed by atoms with Crippen LogP contribution in [-0.2, 0) is 14.4 Å². The fraction of sp³-hybridized carbons (Fsp3) is 0.692. The molecule has 0 spiro atoms. The Bertz CT molecular complexity index is 341. The summed E-state index contributed by atoms with van der Waals surface area (Å²) in [6, 6.07) is -0.675. The quantitative estimate of drug-likeness (QED) is 0.145. The number of aliphatic imine (C=N–C) groups is 1. The van der Waals surface area contributed by atoms with E-state index in [-0.39, 0.29) is 11.7 Å². The molecule has 0 fully saturated rings. The first-order valence-corrected chi connectivity index (χ1v) is 6.76. The number of hydrogen-bond donors (Lipinski definition) is 3. The van der Waals surface area contributed by atoms with E-state index in [0.717, 1.165) is 6.29 Å². The molecule has 7 heteroatoms. The minimum Gasteiger partial charge on any atom is -0.370 e. The van der Waals surface area contributed by atoms with Crippen molar-refractivity contribution in [3.63, 3.8) is 0 Å². The van der Waals surface area contributed by atoms with E-state index >= 15 is 0 Å². The number of unbranched alkanes of at least 4 members (excludes halogenated alkanes) is 2. The number of carbonyl (C=O) groups excluding carboxylic acids is 3. The minimum absolute atomic E-state index is 0.00541. The summed E-state index contributed by atoms with van der Waals surface area (Å²) in [5, 5.41) is 0. The van der Waals surface area contributed by atoms with Crippen LogP contribution < -0.4 is 17.2 Å². The van der Waals surface area contributed by atoms with Crippen LogP contribution in [0.5, 0.6) is 0 Å². The highest BCUT2D eigenvalue weighted by molar-refractivity contribution is 5.96. The first kappa shape index (κ1) is 18.2. The van der Waals surface area contributed by atoms with Gasteiger partial charge in [-0.3, -0.25) is 9.79 Å². The third-order valence-corrected chi connectivity index (χ3v) is 2.95. The molecule has 20 heavy (non-hydrogen) atoms. The van der Waals surface area contributed by atoms with Crippen LogP contribution in [0.3, 0.4) is 0 Å². The van der Waals surface area contributed by atoms with Gasteiger partial charge in [-0.1, -0.05) is 6.42 Å². The average molecular weight is 284 g/mol. The highest BCUT2D eigenvalue weighted by atomic mass is 16.1. The van der Waals surface area contributed by atoms with Crippen LogP contribution in [0.15, 0.2) is 4.99 Å². The van der Waals surface area contributed by atoms with E-state index in [1.165, 1.54) is 0 Å². The van der Waals surface area contributed by atoms with Crippen molar-refractivity contribution in [3.8, 4) is 0 Å². The fourth-order valence-electron chi connectivity index (χ4n) is 1.81. The van der Waals surface area contributed by atoms with Crippen molar-refractivity contribution in [1.82, 2.24) is 0 Å². The molecule has 0 radical (unpaired) electrons. The predicted molar refractivity (Wildman–Crippen MR) is 77.0 cm³/mol. The van der Waals surface area contributed by atoms with Crippen molar-refractivity contribution >= 4 is 24.3 Å². The summed E-state index contributed by atoms with van der Waals surface area (Å²) in [4.78, 5) is 36.9. The lowest BCUT2D eigenvalue weighted by molar-refractivity contribution is -0.128. The molecule has 0 rings (SSSR count). The number of guanidine groups is 1. The maximum Gasteiger partial charge on any atom is 0.185 e. The number of nitrogens with two attached hydrogens (primary N) is 3. The van der Waals surface area contributed by atoms with Crippen molar-refractivity contribution in [3.05, 3.63) is 0 Å². The predicted octanol–water partition coefficient (Wildman–Crippen LogP) is -0.489. The molecule has 0 bridgehead atoms. The summed E-state index contributed by atoms with van der Waals surface area (Å²) in [5.74, 6) is -0.929. The molecule has 0 amide bonds. The minimum atomic E-state index is -0.681. The van der Waals surface area contributed by atoms with Gasteiger partial charge in [0.05, 0.1) is 12.0 Å². The van der Waals surface area contributed by atoms with Crippen LogP contribution in [0.1, 0.15) is 38.5 Å². The van der Waals surface area contributed by atoms with Crippen molar-refractivity contribution in [2.45, 2.75) is 44.6 Å². The maximum absolute atomic E-state index is 12.0. The molecule has 2 unspecified atom stereocenters. The van der Waals surface area contributed by atoms with Gasteiger partial charge in [-0.2, -0.15) is 0 Å². The fourth-order valence-corrected chi connectivity index (χ4v) is 1.81. The van der Waals surface area contributed by atoms with E-state index in [1.54, 1.807) is 0 Å². The Labute approximate surface area is 119 Å². The van der Waals surface area contributed by atoms with Crippen molar-refractivity contribution < 1.29 is 14.4 Å². The van der Waals surface area contributed by atoms with Gasteiger partial charge in [0.15, 0.2) is 11.7 Å². The second-order valence-electron chi connectivity index (χ2n) is 4.65. The van der Waals surface area contributed by atoms with Crippen LogP contribution in [0, 0.1) is 5.92 Å². The Morgan fingerprint density at radius 3 is 2.35 bits per heavy atom. The summed E-state index contributed by atoms with van der Waals surface area (Å²) in [6.07, 6.45) is 4.72. The number of carbonyl (C=O) groups is 3. The summed E-state index contributed by atoms with van der Waals surface area (Å²) in [5.41, 5.74) is 16.1. The van der Waals surface area contributed by atoms with Gasteiger partial charge in [0.1, 0.15) is 12.6 Å². The van der Waals surface area contributed by atoms with Gasteiger partial charge in [-0.05, 0) is 25.7 Å². The molecule has 0 aromatic heterocycles. The highest BCUT2D eigenvalue weighted by Crippen LogP contribution is 2.12. The summed E-state index contributed by atoms with van der Waals surface area (Å²) >= 11 is 0. The van der Waals surface area contributed by atoms with E-state index in [0.29, 0.717) is 51.4 Å². The van der Waals surface area contributed by atoms with Gasteiger partial charge in [-0.15, -0.1) is 0 Å². The number of nitrogens with zero attached hydrogens (tertiary/aromatic N) is 1. The lowest BCUT2D eigenvalue weighted by atomic mass is 9.92. The van der Waals surface area contributed by atoms with E-state index in [9.17, 15) is 14.4 Å². The topological polar surface area (TPSA) is 142 Å². The van der Waals surface area contributed by atoms with Crippen molar-refractivity contribution in [2.24, 2.45) is 28.1 Å². The van der Waals surface area contributed by atoms with Crippen LogP contribution >= 0.6 is 0 Å². The molecule has 114 valence electrons.